The molecule has 1 aromatic rings. The van der Waals surface area contributed by atoms with E-state index in [1.54, 1.807) is 0 Å². The summed E-state index contributed by atoms with van der Waals surface area (Å²) in [5.41, 5.74) is 1.27. The first-order valence-corrected chi connectivity index (χ1v) is 7.26. The van der Waals surface area contributed by atoms with Crippen molar-refractivity contribution in [3.8, 4) is 0 Å². The van der Waals surface area contributed by atoms with Crippen LogP contribution in [0.3, 0.4) is 0 Å². The lowest BCUT2D eigenvalue weighted by Crippen LogP contribution is -2.35. The molecule has 0 aromatic heterocycles. The number of benzene rings is 1. The van der Waals surface area contributed by atoms with Crippen molar-refractivity contribution >= 4 is 11.6 Å². The molecule has 2 aliphatic rings. The van der Waals surface area contributed by atoms with E-state index in [1.165, 1.54) is 18.4 Å². The lowest BCUT2D eigenvalue weighted by atomic mass is 9.87. The van der Waals surface area contributed by atoms with Gasteiger partial charge in [0, 0.05) is 17.6 Å². The molecule has 0 radical (unpaired) electrons. The van der Waals surface area contributed by atoms with Gasteiger partial charge in [-0.05, 0) is 55.2 Å². The van der Waals surface area contributed by atoms with Crippen LogP contribution in [0.4, 0.5) is 0 Å². The molecule has 0 saturated heterocycles. The van der Waals surface area contributed by atoms with Gasteiger partial charge >= 0.3 is 0 Å². The lowest BCUT2D eigenvalue weighted by Gasteiger charge is -2.26. The number of fused-ring (bicyclic) bond motifs is 2. The zero-order valence-electron chi connectivity index (χ0n) is 10.8. The number of hydrogen-bond donors (Lipinski definition) is 1. The van der Waals surface area contributed by atoms with Crippen LogP contribution in [0.1, 0.15) is 25.3 Å². The molecule has 1 N–H and O–H groups in total. The molecule has 3 rings (SSSR count). The summed E-state index contributed by atoms with van der Waals surface area (Å²) in [5, 5.41) is 4.48. The summed E-state index contributed by atoms with van der Waals surface area (Å²) in [6.07, 6.45) is 7.58. The Morgan fingerprint density at radius 2 is 2.22 bits per heavy atom. The fourth-order valence-corrected chi connectivity index (χ4v) is 3.69. The monoisotopic (exact) mass is 261 g/mol. The predicted molar refractivity (Wildman–Crippen MR) is 76.6 cm³/mol. The Hall–Kier alpha value is -0.790. The Bertz CT molecular complexity index is 454. The second kappa shape index (κ2) is 5.07. The van der Waals surface area contributed by atoms with Gasteiger partial charge in [-0.25, -0.2) is 0 Å². The maximum Gasteiger partial charge on any atom is 0.0409 e. The molecule has 0 amide bonds. The molecule has 4 atom stereocenters. The Kier molecular flexibility index (Phi) is 3.45. The maximum absolute atomic E-state index is 6.00. The quantitative estimate of drug-likeness (QED) is 0.807. The molecule has 1 aromatic carbocycles. The maximum atomic E-state index is 6.00. The first-order valence-electron chi connectivity index (χ1n) is 6.88. The largest absolute Gasteiger partial charge is 0.310 e. The number of halogens is 1. The van der Waals surface area contributed by atoms with E-state index in [9.17, 15) is 0 Å². The van der Waals surface area contributed by atoms with Crippen molar-refractivity contribution in [2.24, 2.45) is 17.8 Å². The first-order chi connectivity index (χ1) is 8.72. The van der Waals surface area contributed by atoms with Gasteiger partial charge in [0.1, 0.15) is 0 Å². The van der Waals surface area contributed by atoms with Gasteiger partial charge in [-0.15, -0.1) is 0 Å². The minimum absolute atomic E-state index is 0.587. The first kappa shape index (κ1) is 12.3. The van der Waals surface area contributed by atoms with Gasteiger partial charge in [-0.2, -0.15) is 0 Å². The minimum atomic E-state index is 0.587. The molecule has 0 aliphatic heterocycles. The van der Waals surface area contributed by atoms with E-state index in [2.05, 4.69) is 30.5 Å². The summed E-state index contributed by atoms with van der Waals surface area (Å²) in [6, 6.07) is 8.71. The summed E-state index contributed by atoms with van der Waals surface area (Å²) in [7, 11) is 0. The summed E-state index contributed by atoms with van der Waals surface area (Å²) in [5.74, 6) is 2.49. The second-order valence-corrected chi connectivity index (χ2v) is 6.18. The van der Waals surface area contributed by atoms with E-state index in [0.717, 1.165) is 29.3 Å². The highest BCUT2D eigenvalue weighted by molar-refractivity contribution is 6.30. The zero-order chi connectivity index (χ0) is 12.5. The fourth-order valence-electron chi connectivity index (χ4n) is 3.48. The average Bonchev–Trinajstić information content (AvgIpc) is 2.98. The van der Waals surface area contributed by atoms with E-state index in [0.29, 0.717) is 6.04 Å². The highest BCUT2D eigenvalue weighted by Crippen LogP contribution is 2.44. The predicted octanol–water partition coefficient (Wildman–Crippen LogP) is 4.03. The third kappa shape index (κ3) is 2.48. The SMILES string of the molecule is CC(NCc1cccc(Cl)c1)C1CC2C=CC1C2. The number of rotatable bonds is 4. The molecule has 0 heterocycles. The molecule has 2 aliphatic carbocycles. The van der Waals surface area contributed by atoms with E-state index in [1.807, 2.05) is 18.2 Å². The van der Waals surface area contributed by atoms with Crippen LogP contribution in [-0.2, 0) is 6.54 Å². The van der Waals surface area contributed by atoms with Crippen LogP contribution < -0.4 is 5.32 Å². The Balaban J connectivity index is 1.56. The molecule has 2 bridgehead atoms. The molecule has 96 valence electrons. The third-order valence-corrected chi connectivity index (χ3v) is 4.72. The van der Waals surface area contributed by atoms with Crippen LogP contribution in [0.5, 0.6) is 0 Å². The van der Waals surface area contributed by atoms with Crippen LogP contribution in [0.25, 0.3) is 0 Å². The van der Waals surface area contributed by atoms with Gasteiger partial charge in [0.05, 0.1) is 0 Å². The van der Waals surface area contributed by atoms with Crippen LogP contribution in [0.15, 0.2) is 36.4 Å². The van der Waals surface area contributed by atoms with Gasteiger partial charge in [-0.1, -0.05) is 35.9 Å². The lowest BCUT2D eigenvalue weighted by molar-refractivity contribution is 0.326. The van der Waals surface area contributed by atoms with Crippen molar-refractivity contribution in [2.75, 3.05) is 0 Å². The molecule has 1 fully saturated rings. The molecular weight excluding hydrogens is 242 g/mol. The molecule has 2 heteroatoms. The average molecular weight is 262 g/mol. The van der Waals surface area contributed by atoms with Crippen molar-refractivity contribution in [3.05, 3.63) is 47.0 Å². The van der Waals surface area contributed by atoms with Crippen molar-refractivity contribution in [3.63, 3.8) is 0 Å². The van der Waals surface area contributed by atoms with Gasteiger partial charge < -0.3 is 5.32 Å². The topological polar surface area (TPSA) is 12.0 Å². The van der Waals surface area contributed by atoms with Crippen molar-refractivity contribution in [2.45, 2.75) is 32.4 Å². The van der Waals surface area contributed by atoms with Crippen LogP contribution in [0, 0.1) is 17.8 Å². The van der Waals surface area contributed by atoms with Crippen LogP contribution in [-0.4, -0.2) is 6.04 Å². The minimum Gasteiger partial charge on any atom is -0.310 e. The number of nitrogens with one attached hydrogen (secondary N) is 1. The van der Waals surface area contributed by atoms with E-state index in [4.69, 9.17) is 11.6 Å². The Morgan fingerprint density at radius 1 is 1.33 bits per heavy atom. The molecule has 4 unspecified atom stereocenters. The van der Waals surface area contributed by atoms with Gasteiger partial charge in [0.2, 0.25) is 0 Å². The summed E-state index contributed by atoms with van der Waals surface area (Å²) < 4.78 is 0. The van der Waals surface area contributed by atoms with Crippen molar-refractivity contribution < 1.29 is 0 Å². The third-order valence-electron chi connectivity index (χ3n) is 4.49. The molecular formula is C16H20ClN. The molecule has 1 nitrogen and oxygen atoms in total. The summed E-state index contributed by atoms with van der Waals surface area (Å²) in [4.78, 5) is 0. The van der Waals surface area contributed by atoms with Gasteiger partial charge in [-0.3, -0.25) is 0 Å². The zero-order valence-corrected chi connectivity index (χ0v) is 11.5. The highest BCUT2D eigenvalue weighted by Gasteiger charge is 2.38. The van der Waals surface area contributed by atoms with Crippen LogP contribution >= 0.6 is 11.6 Å². The van der Waals surface area contributed by atoms with Gasteiger partial charge in [0.25, 0.3) is 0 Å². The summed E-state index contributed by atoms with van der Waals surface area (Å²) >= 11 is 6.00. The van der Waals surface area contributed by atoms with Crippen molar-refractivity contribution in [1.29, 1.82) is 0 Å². The Labute approximate surface area is 114 Å². The van der Waals surface area contributed by atoms with E-state index in [-0.39, 0.29) is 0 Å². The number of allylic oxidation sites excluding steroid dienone is 2. The van der Waals surface area contributed by atoms with Crippen LogP contribution in [0.2, 0.25) is 5.02 Å². The fraction of sp³-hybridized carbons (Fsp3) is 0.500. The number of hydrogen-bond acceptors (Lipinski definition) is 1. The van der Waals surface area contributed by atoms with E-state index < -0.39 is 0 Å². The summed E-state index contributed by atoms with van der Waals surface area (Å²) in [6.45, 7) is 3.24. The van der Waals surface area contributed by atoms with E-state index >= 15 is 0 Å². The van der Waals surface area contributed by atoms with Gasteiger partial charge in [0.15, 0.2) is 0 Å². The van der Waals surface area contributed by atoms with Crippen molar-refractivity contribution in [1.82, 2.24) is 5.32 Å². The molecule has 0 spiro atoms. The standard InChI is InChI=1S/C16H20ClN/c1-11(16-9-12-5-6-14(16)7-12)18-10-13-3-2-4-15(17)8-13/h2-6,8,11-12,14,16,18H,7,9-10H2,1H3. The smallest absolute Gasteiger partial charge is 0.0409 e. The highest BCUT2D eigenvalue weighted by atomic mass is 35.5. The normalized spacial score (nSPS) is 30.9. The second-order valence-electron chi connectivity index (χ2n) is 5.74. The Morgan fingerprint density at radius 3 is 2.89 bits per heavy atom. The molecule has 1 saturated carbocycles. The molecule has 18 heavy (non-hydrogen) atoms.